The Balaban J connectivity index is 0.00000156. The summed E-state index contributed by atoms with van der Waals surface area (Å²) in [5.41, 5.74) is 16.9. The monoisotopic (exact) mass is 379 g/mol. The number of nitrogen functional groups attached to an aromatic ring is 1. The van der Waals surface area contributed by atoms with E-state index in [1.54, 1.807) is 0 Å². The number of halogens is 2. The molecule has 2 aromatic carbocycles. The number of aromatic nitrogens is 1. The van der Waals surface area contributed by atoms with E-state index in [0.717, 1.165) is 38.9 Å². The Labute approximate surface area is 160 Å². The zero-order valence-corrected chi connectivity index (χ0v) is 15.9. The number of ether oxygens (including phenoxy) is 1. The van der Waals surface area contributed by atoms with Crippen LogP contribution in [0.3, 0.4) is 0 Å². The predicted octanol–water partition coefficient (Wildman–Crippen LogP) is 4.49. The van der Waals surface area contributed by atoms with Gasteiger partial charge in [0.2, 0.25) is 0 Å². The van der Waals surface area contributed by atoms with Gasteiger partial charge in [0, 0.05) is 17.5 Å². The summed E-state index contributed by atoms with van der Waals surface area (Å²) in [5, 5.41) is 1.12. The van der Waals surface area contributed by atoms with Crippen molar-refractivity contribution in [3.8, 4) is 16.9 Å². The maximum Gasteiger partial charge on any atom is 0.124 e. The van der Waals surface area contributed by atoms with Crippen LogP contribution in [0.15, 0.2) is 42.5 Å². The van der Waals surface area contributed by atoms with E-state index in [1.807, 2.05) is 32.0 Å². The van der Waals surface area contributed by atoms with Crippen LogP contribution in [0.2, 0.25) is 0 Å². The van der Waals surface area contributed by atoms with Gasteiger partial charge in [-0.1, -0.05) is 18.2 Å². The van der Waals surface area contributed by atoms with Crippen molar-refractivity contribution < 1.29 is 4.74 Å². The third-order valence-electron chi connectivity index (χ3n) is 3.95. The number of hydrogen-bond donors (Lipinski definition) is 2. The average molecular weight is 380 g/mol. The van der Waals surface area contributed by atoms with Crippen molar-refractivity contribution in [1.29, 1.82) is 0 Å². The fourth-order valence-corrected chi connectivity index (χ4v) is 2.82. The van der Waals surface area contributed by atoms with Crippen molar-refractivity contribution >= 4 is 41.5 Å². The van der Waals surface area contributed by atoms with Crippen molar-refractivity contribution in [3.05, 3.63) is 53.6 Å². The van der Waals surface area contributed by atoms with Crippen LogP contribution in [0.25, 0.3) is 22.0 Å². The minimum atomic E-state index is 0. The summed E-state index contributed by atoms with van der Waals surface area (Å²) in [7, 11) is 0. The van der Waals surface area contributed by atoms with Crippen molar-refractivity contribution in [3.63, 3.8) is 0 Å². The van der Waals surface area contributed by atoms with Crippen molar-refractivity contribution in [2.45, 2.75) is 20.4 Å². The Kier molecular flexibility index (Phi) is 7.49. The first kappa shape index (κ1) is 21.0. The Bertz CT molecular complexity index is 869. The molecule has 0 spiro atoms. The maximum atomic E-state index is 5.87. The molecule has 0 unspecified atom stereocenters. The van der Waals surface area contributed by atoms with Gasteiger partial charge in [-0.25, -0.2) is 4.98 Å². The molecule has 4 N–H and O–H groups in total. The second kappa shape index (κ2) is 8.90. The molecule has 25 heavy (non-hydrogen) atoms. The molecule has 3 rings (SSSR count). The molecule has 0 aliphatic heterocycles. The van der Waals surface area contributed by atoms with Gasteiger partial charge in [0.15, 0.2) is 0 Å². The standard InChI is InChI=1S/C19H21N3O.2ClH/c1-3-23-18-7-5-13(9-15(18)11-20)14-4-6-16-12(2)8-19(21)22-17(16)10-14;;/h4-10H,3,11,20H2,1-2H3,(H2,21,22);2*1H. The summed E-state index contributed by atoms with van der Waals surface area (Å²) in [6, 6.07) is 14.2. The van der Waals surface area contributed by atoms with Crippen LogP contribution in [0.5, 0.6) is 5.75 Å². The first-order valence-corrected chi connectivity index (χ1v) is 7.75. The maximum absolute atomic E-state index is 5.87. The second-order valence-electron chi connectivity index (χ2n) is 5.56. The van der Waals surface area contributed by atoms with Crippen molar-refractivity contribution in [1.82, 2.24) is 4.98 Å². The molecule has 1 heterocycles. The quantitative estimate of drug-likeness (QED) is 0.699. The second-order valence-corrected chi connectivity index (χ2v) is 5.56. The lowest BCUT2D eigenvalue weighted by Gasteiger charge is -2.12. The SMILES string of the molecule is CCOc1ccc(-c2ccc3c(C)cc(N)nc3c2)cc1CN.Cl.Cl. The molecule has 134 valence electrons. The van der Waals surface area contributed by atoms with Gasteiger partial charge in [-0.05, 0) is 54.8 Å². The zero-order chi connectivity index (χ0) is 16.4. The number of fused-ring (bicyclic) bond motifs is 1. The fraction of sp³-hybridized carbons (Fsp3) is 0.211. The normalized spacial score (nSPS) is 10.0. The minimum absolute atomic E-state index is 0. The van der Waals surface area contributed by atoms with Crippen LogP contribution >= 0.6 is 24.8 Å². The number of nitrogens with two attached hydrogens (primary N) is 2. The molecular formula is C19H23Cl2N3O. The van der Waals surface area contributed by atoms with Gasteiger partial charge in [-0.3, -0.25) is 0 Å². The van der Waals surface area contributed by atoms with Crippen LogP contribution in [0, 0.1) is 6.92 Å². The molecule has 0 radical (unpaired) electrons. The van der Waals surface area contributed by atoms with Crippen molar-refractivity contribution in [2.24, 2.45) is 5.73 Å². The Morgan fingerprint density at radius 3 is 2.36 bits per heavy atom. The average Bonchev–Trinajstić information content (AvgIpc) is 2.54. The number of pyridine rings is 1. The number of rotatable bonds is 4. The lowest BCUT2D eigenvalue weighted by Crippen LogP contribution is -2.02. The molecule has 4 nitrogen and oxygen atoms in total. The molecular weight excluding hydrogens is 357 g/mol. The third kappa shape index (κ3) is 4.34. The van der Waals surface area contributed by atoms with E-state index in [2.05, 4.69) is 29.2 Å². The van der Waals surface area contributed by atoms with E-state index < -0.39 is 0 Å². The summed E-state index contributed by atoms with van der Waals surface area (Å²) in [5.74, 6) is 1.39. The highest BCUT2D eigenvalue weighted by Gasteiger charge is 2.07. The first-order valence-electron chi connectivity index (χ1n) is 7.75. The van der Waals surface area contributed by atoms with Crippen molar-refractivity contribution in [2.75, 3.05) is 12.3 Å². The van der Waals surface area contributed by atoms with Gasteiger partial charge in [0.25, 0.3) is 0 Å². The Hall–Kier alpha value is -2.01. The number of aryl methyl sites for hydroxylation is 1. The summed E-state index contributed by atoms with van der Waals surface area (Å²) < 4.78 is 5.61. The van der Waals surface area contributed by atoms with Crippen LogP contribution in [-0.2, 0) is 6.54 Å². The van der Waals surface area contributed by atoms with Gasteiger partial charge >= 0.3 is 0 Å². The highest BCUT2D eigenvalue weighted by molar-refractivity contribution is 5.88. The van der Waals surface area contributed by atoms with Gasteiger partial charge in [0.05, 0.1) is 12.1 Å². The Morgan fingerprint density at radius 2 is 1.68 bits per heavy atom. The predicted molar refractivity (Wildman–Crippen MR) is 110 cm³/mol. The molecule has 0 bridgehead atoms. The van der Waals surface area contributed by atoms with Gasteiger partial charge < -0.3 is 16.2 Å². The van der Waals surface area contributed by atoms with E-state index >= 15 is 0 Å². The number of benzene rings is 2. The molecule has 6 heteroatoms. The van der Waals surface area contributed by atoms with E-state index in [9.17, 15) is 0 Å². The van der Waals surface area contributed by atoms with E-state index in [-0.39, 0.29) is 24.8 Å². The van der Waals surface area contributed by atoms with E-state index in [1.165, 1.54) is 0 Å². The largest absolute Gasteiger partial charge is 0.494 e. The zero-order valence-electron chi connectivity index (χ0n) is 14.3. The minimum Gasteiger partial charge on any atom is -0.494 e. The lowest BCUT2D eigenvalue weighted by atomic mass is 9.99. The molecule has 0 atom stereocenters. The summed E-state index contributed by atoms with van der Waals surface area (Å²) in [6.45, 7) is 5.09. The summed E-state index contributed by atoms with van der Waals surface area (Å²) >= 11 is 0. The molecule has 1 aromatic heterocycles. The molecule has 0 aliphatic rings. The highest BCUT2D eigenvalue weighted by Crippen LogP contribution is 2.29. The molecule has 0 saturated carbocycles. The summed E-state index contributed by atoms with van der Waals surface area (Å²) in [6.07, 6.45) is 0. The molecule has 0 amide bonds. The smallest absolute Gasteiger partial charge is 0.124 e. The number of anilines is 1. The van der Waals surface area contributed by atoms with Gasteiger partial charge in [0.1, 0.15) is 11.6 Å². The number of nitrogens with zero attached hydrogens (tertiary/aromatic N) is 1. The highest BCUT2D eigenvalue weighted by atomic mass is 35.5. The van der Waals surface area contributed by atoms with Gasteiger partial charge in [-0.15, -0.1) is 24.8 Å². The summed E-state index contributed by atoms with van der Waals surface area (Å²) in [4.78, 5) is 4.44. The fourth-order valence-electron chi connectivity index (χ4n) is 2.82. The topological polar surface area (TPSA) is 74.2 Å². The van der Waals surface area contributed by atoms with Crippen LogP contribution in [0.1, 0.15) is 18.1 Å². The van der Waals surface area contributed by atoms with E-state index in [0.29, 0.717) is 19.0 Å². The molecule has 0 saturated heterocycles. The lowest BCUT2D eigenvalue weighted by molar-refractivity contribution is 0.336. The molecule has 3 aromatic rings. The molecule has 0 aliphatic carbocycles. The van der Waals surface area contributed by atoms with Crippen LogP contribution in [-0.4, -0.2) is 11.6 Å². The first-order chi connectivity index (χ1) is 11.1. The van der Waals surface area contributed by atoms with Gasteiger partial charge in [-0.2, -0.15) is 0 Å². The number of hydrogen-bond acceptors (Lipinski definition) is 4. The van der Waals surface area contributed by atoms with Crippen LogP contribution in [0.4, 0.5) is 5.82 Å². The Morgan fingerprint density at radius 1 is 1.00 bits per heavy atom. The van der Waals surface area contributed by atoms with Crippen LogP contribution < -0.4 is 16.2 Å². The van der Waals surface area contributed by atoms with E-state index in [4.69, 9.17) is 16.2 Å². The third-order valence-corrected chi connectivity index (χ3v) is 3.95. The molecule has 0 fully saturated rings.